The van der Waals surface area contributed by atoms with Gasteiger partial charge in [-0.15, -0.1) is 0 Å². The van der Waals surface area contributed by atoms with E-state index in [1.807, 2.05) is 48.5 Å². The van der Waals surface area contributed by atoms with Gasteiger partial charge in [-0.2, -0.15) is 5.10 Å². The maximum Gasteiger partial charge on any atom is 0.254 e. The Morgan fingerprint density at radius 2 is 1.96 bits per heavy atom. The zero-order valence-corrected chi connectivity index (χ0v) is 15.3. The van der Waals surface area contributed by atoms with Gasteiger partial charge in [-0.05, 0) is 23.8 Å². The van der Waals surface area contributed by atoms with E-state index in [1.54, 1.807) is 17.1 Å². The summed E-state index contributed by atoms with van der Waals surface area (Å²) in [4.78, 5) is 20.1. The quantitative estimate of drug-likeness (QED) is 0.539. The van der Waals surface area contributed by atoms with Crippen LogP contribution in [0.5, 0.6) is 0 Å². The maximum absolute atomic E-state index is 12.3. The number of para-hydroxylation sites is 2. The number of H-pyrrole nitrogens is 1. The number of aromatic nitrogens is 4. The Kier molecular flexibility index (Phi) is 4.89. The number of carbonyl (C=O) groups is 1. The number of amides is 1. The van der Waals surface area contributed by atoms with Crippen molar-refractivity contribution < 1.29 is 4.79 Å². The van der Waals surface area contributed by atoms with E-state index in [1.165, 1.54) is 0 Å². The van der Waals surface area contributed by atoms with Crippen molar-refractivity contribution in [3.63, 3.8) is 0 Å². The van der Waals surface area contributed by atoms with Gasteiger partial charge in [-0.25, -0.2) is 4.98 Å². The van der Waals surface area contributed by atoms with Crippen molar-refractivity contribution in [1.29, 1.82) is 0 Å². The number of nitrogens with zero attached hydrogens (tertiary/aromatic N) is 3. The molecule has 2 N–H and O–H groups in total. The van der Waals surface area contributed by atoms with Crippen LogP contribution >= 0.6 is 11.6 Å². The molecule has 0 saturated heterocycles. The van der Waals surface area contributed by atoms with Crippen molar-refractivity contribution in [2.75, 3.05) is 6.54 Å². The predicted octanol–water partition coefficient (Wildman–Crippen LogP) is 3.43. The number of hydrogen-bond donors (Lipinski definition) is 2. The molecule has 136 valence electrons. The van der Waals surface area contributed by atoms with Crippen molar-refractivity contribution in [3.8, 4) is 0 Å². The van der Waals surface area contributed by atoms with Crippen LogP contribution in [0.15, 0.2) is 60.9 Å². The van der Waals surface area contributed by atoms with Gasteiger partial charge in [0.1, 0.15) is 5.82 Å². The molecule has 2 aromatic heterocycles. The van der Waals surface area contributed by atoms with Crippen LogP contribution in [0.4, 0.5) is 0 Å². The third-order valence-corrected chi connectivity index (χ3v) is 4.64. The molecule has 2 aromatic carbocycles. The molecule has 0 fully saturated rings. The van der Waals surface area contributed by atoms with Gasteiger partial charge in [-0.3, -0.25) is 9.48 Å². The number of hydrogen-bond acceptors (Lipinski definition) is 3. The van der Waals surface area contributed by atoms with E-state index in [2.05, 4.69) is 20.4 Å². The van der Waals surface area contributed by atoms with Gasteiger partial charge < -0.3 is 10.3 Å². The second-order valence-corrected chi connectivity index (χ2v) is 6.63. The summed E-state index contributed by atoms with van der Waals surface area (Å²) in [6, 6.07) is 15.5. The number of rotatable bonds is 6. The molecule has 0 radical (unpaired) electrons. The van der Waals surface area contributed by atoms with Crippen molar-refractivity contribution in [2.45, 2.75) is 13.0 Å². The van der Waals surface area contributed by atoms with Crippen LogP contribution in [0.1, 0.15) is 21.7 Å². The molecule has 0 atom stereocenters. The molecule has 4 aromatic rings. The fourth-order valence-corrected chi connectivity index (χ4v) is 3.08. The number of imidazole rings is 1. The minimum Gasteiger partial charge on any atom is -0.351 e. The lowest BCUT2D eigenvalue weighted by atomic mass is 10.2. The highest BCUT2D eigenvalue weighted by Crippen LogP contribution is 2.16. The van der Waals surface area contributed by atoms with Crippen LogP contribution in [0, 0.1) is 0 Å². The van der Waals surface area contributed by atoms with E-state index in [0.717, 1.165) is 22.4 Å². The van der Waals surface area contributed by atoms with Crippen molar-refractivity contribution in [1.82, 2.24) is 25.1 Å². The number of aromatic amines is 1. The first-order valence-corrected chi connectivity index (χ1v) is 9.04. The highest BCUT2D eigenvalue weighted by atomic mass is 35.5. The zero-order valence-electron chi connectivity index (χ0n) is 14.5. The molecular weight excluding hydrogens is 362 g/mol. The van der Waals surface area contributed by atoms with Gasteiger partial charge in [-0.1, -0.05) is 41.9 Å². The lowest BCUT2D eigenvalue weighted by Crippen LogP contribution is -2.25. The van der Waals surface area contributed by atoms with Crippen LogP contribution in [0.3, 0.4) is 0 Å². The molecule has 6 nitrogen and oxygen atoms in total. The lowest BCUT2D eigenvalue weighted by molar-refractivity contribution is 0.0954. The van der Waals surface area contributed by atoms with Crippen LogP contribution in [0.2, 0.25) is 5.02 Å². The highest BCUT2D eigenvalue weighted by molar-refractivity contribution is 6.31. The minimum absolute atomic E-state index is 0.156. The Bertz CT molecular complexity index is 1050. The second-order valence-electron chi connectivity index (χ2n) is 6.22. The number of fused-ring (bicyclic) bond motifs is 1. The topological polar surface area (TPSA) is 75.6 Å². The predicted molar refractivity (Wildman–Crippen MR) is 105 cm³/mol. The first kappa shape index (κ1) is 17.3. The smallest absolute Gasteiger partial charge is 0.254 e. The normalized spacial score (nSPS) is 11.0. The van der Waals surface area contributed by atoms with Crippen LogP contribution < -0.4 is 5.32 Å². The Hall–Kier alpha value is -3.12. The molecule has 0 bridgehead atoms. The Labute approximate surface area is 161 Å². The SMILES string of the molecule is O=C(NCCc1nc2ccccc2[nH]1)c1cnn(Cc2ccccc2Cl)c1. The molecular formula is C20H18ClN5O. The largest absolute Gasteiger partial charge is 0.351 e. The summed E-state index contributed by atoms with van der Waals surface area (Å²) in [5.74, 6) is 0.697. The second kappa shape index (κ2) is 7.63. The Morgan fingerprint density at radius 1 is 1.15 bits per heavy atom. The molecule has 0 aliphatic carbocycles. The van der Waals surface area contributed by atoms with Gasteiger partial charge >= 0.3 is 0 Å². The molecule has 0 aliphatic rings. The van der Waals surface area contributed by atoms with Gasteiger partial charge in [0.2, 0.25) is 0 Å². The van der Waals surface area contributed by atoms with Crippen LogP contribution in [-0.4, -0.2) is 32.2 Å². The van der Waals surface area contributed by atoms with E-state index >= 15 is 0 Å². The first-order chi connectivity index (χ1) is 13.2. The Balaban J connectivity index is 1.33. The first-order valence-electron chi connectivity index (χ1n) is 8.67. The summed E-state index contributed by atoms with van der Waals surface area (Å²) in [5.41, 5.74) is 3.41. The van der Waals surface area contributed by atoms with E-state index in [0.29, 0.717) is 30.1 Å². The van der Waals surface area contributed by atoms with Crippen LogP contribution in [-0.2, 0) is 13.0 Å². The van der Waals surface area contributed by atoms with E-state index in [4.69, 9.17) is 11.6 Å². The average Bonchev–Trinajstić information content (AvgIpc) is 3.30. The summed E-state index contributed by atoms with van der Waals surface area (Å²) in [7, 11) is 0. The van der Waals surface area contributed by atoms with Gasteiger partial charge in [0.05, 0.1) is 29.3 Å². The fourth-order valence-electron chi connectivity index (χ4n) is 2.89. The molecule has 0 saturated carbocycles. The summed E-state index contributed by atoms with van der Waals surface area (Å²) in [6.45, 7) is 1.01. The summed E-state index contributed by atoms with van der Waals surface area (Å²) in [5, 5.41) is 7.83. The number of benzene rings is 2. The lowest BCUT2D eigenvalue weighted by Gasteiger charge is -2.04. The molecule has 0 aliphatic heterocycles. The monoisotopic (exact) mass is 379 g/mol. The van der Waals surface area contributed by atoms with Crippen molar-refractivity contribution in [3.05, 3.63) is 82.9 Å². The number of carbonyl (C=O) groups excluding carboxylic acids is 1. The number of halogens is 1. The summed E-state index contributed by atoms with van der Waals surface area (Å²) in [6.07, 6.45) is 3.92. The van der Waals surface area contributed by atoms with E-state index in [-0.39, 0.29) is 5.91 Å². The van der Waals surface area contributed by atoms with Crippen molar-refractivity contribution >= 4 is 28.5 Å². The molecule has 7 heteroatoms. The molecule has 4 rings (SSSR count). The van der Waals surface area contributed by atoms with Gasteiger partial charge in [0.15, 0.2) is 0 Å². The van der Waals surface area contributed by atoms with Gasteiger partial charge in [0.25, 0.3) is 5.91 Å². The summed E-state index contributed by atoms with van der Waals surface area (Å²) < 4.78 is 1.70. The van der Waals surface area contributed by atoms with E-state index < -0.39 is 0 Å². The third kappa shape index (κ3) is 4.01. The van der Waals surface area contributed by atoms with Crippen LogP contribution in [0.25, 0.3) is 11.0 Å². The Morgan fingerprint density at radius 3 is 2.81 bits per heavy atom. The average molecular weight is 380 g/mol. The van der Waals surface area contributed by atoms with E-state index in [9.17, 15) is 4.79 Å². The third-order valence-electron chi connectivity index (χ3n) is 4.27. The maximum atomic E-state index is 12.3. The highest BCUT2D eigenvalue weighted by Gasteiger charge is 2.10. The number of nitrogens with one attached hydrogen (secondary N) is 2. The van der Waals surface area contributed by atoms with Gasteiger partial charge in [0, 0.05) is 24.2 Å². The molecule has 1 amide bonds. The zero-order chi connectivity index (χ0) is 18.6. The minimum atomic E-state index is -0.156. The fraction of sp³-hybridized carbons (Fsp3) is 0.150. The molecule has 27 heavy (non-hydrogen) atoms. The molecule has 2 heterocycles. The molecule has 0 spiro atoms. The van der Waals surface area contributed by atoms with Crippen molar-refractivity contribution in [2.24, 2.45) is 0 Å². The molecule has 0 unspecified atom stereocenters. The standard InChI is InChI=1S/C20H18ClN5O/c21-16-6-2-1-5-14(16)12-26-13-15(11-23-26)20(27)22-10-9-19-24-17-7-3-4-8-18(17)25-19/h1-8,11,13H,9-10,12H2,(H,22,27)(H,24,25). The summed E-state index contributed by atoms with van der Waals surface area (Å²) >= 11 is 6.17.